The molecule has 1 fully saturated rings. The van der Waals surface area contributed by atoms with Crippen molar-refractivity contribution >= 4 is 5.91 Å². The van der Waals surface area contributed by atoms with Gasteiger partial charge in [-0.15, -0.1) is 0 Å². The van der Waals surface area contributed by atoms with E-state index in [1.54, 1.807) is 24.3 Å². The topological polar surface area (TPSA) is 64.9 Å². The Morgan fingerprint density at radius 1 is 1.64 bits per heavy atom. The van der Waals surface area contributed by atoms with Gasteiger partial charge in [0.1, 0.15) is 18.5 Å². The van der Waals surface area contributed by atoms with Crippen molar-refractivity contribution in [2.45, 2.75) is 6.10 Å². The van der Waals surface area contributed by atoms with E-state index in [9.17, 15) is 4.79 Å². The van der Waals surface area contributed by atoms with Crippen molar-refractivity contribution < 1.29 is 14.3 Å². The first-order valence-corrected chi connectivity index (χ1v) is 4.40. The van der Waals surface area contributed by atoms with E-state index in [-0.39, 0.29) is 6.10 Å². The van der Waals surface area contributed by atoms with Gasteiger partial charge in [-0.05, 0) is 18.2 Å². The molecule has 0 bridgehead atoms. The Balaban J connectivity index is 2.01. The van der Waals surface area contributed by atoms with Gasteiger partial charge in [-0.3, -0.25) is 4.79 Å². The number of amides is 1. The molecule has 4 nitrogen and oxygen atoms in total. The maximum atomic E-state index is 10.8. The minimum Gasteiger partial charge on any atom is -0.491 e. The highest BCUT2D eigenvalue weighted by Gasteiger charge is 2.23. The molecule has 4 heteroatoms. The Morgan fingerprint density at radius 2 is 2.43 bits per heavy atom. The lowest BCUT2D eigenvalue weighted by atomic mass is 10.2. The van der Waals surface area contributed by atoms with E-state index in [0.717, 1.165) is 6.61 Å². The summed E-state index contributed by atoms with van der Waals surface area (Å²) in [7, 11) is 0. The summed E-state index contributed by atoms with van der Waals surface area (Å²) in [4.78, 5) is 10.8. The number of ether oxygens (including phenoxy) is 2. The van der Waals surface area contributed by atoms with Crippen LogP contribution in [0.2, 0.25) is 0 Å². The van der Waals surface area contributed by atoms with Gasteiger partial charge in [-0.2, -0.15) is 0 Å². The maximum absolute atomic E-state index is 10.8. The van der Waals surface area contributed by atoms with Crippen LogP contribution in [-0.4, -0.2) is 25.2 Å². The Morgan fingerprint density at radius 3 is 3.07 bits per heavy atom. The maximum Gasteiger partial charge on any atom is 0.248 e. The fourth-order valence-corrected chi connectivity index (χ4v) is 1.09. The third kappa shape index (κ3) is 2.23. The summed E-state index contributed by atoms with van der Waals surface area (Å²) >= 11 is 0. The molecular formula is C10H11NO3. The number of hydrogen-bond donors (Lipinski definition) is 1. The van der Waals surface area contributed by atoms with Crippen LogP contribution >= 0.6 is 0 Å². The summed E-state index contributed by atoms with van der Waals surface area (Å²) in [6, 6.07) is 6.81. The van der Waals surface area contributed by atoms with Gasteiger partial charge in [0.2, 0.25) is 5.91 Å². The summed E-state index contributed by atoms with van der Waals surface area (Å²) in [6.45, 7) is 1.29. The molecule has 0 radical (unpaired) electrons. The second-order valence-corrected chi connectivity index (χ2v) is 3.16. The van der Waals surface area contributed by atoms with Crippen LogP contribution in [0.5, 0.6) is 5.75 Å². The normalized spacial score (nSPS) is 19.0. The predicted octanol–water partition coefficient (Wildman–Crippen LogP) is 0.563. The van der Waals surface area contributed by atoms with Crippen molar-refractivity contribution in [3.05, 3.63) is 29.8 Å². The van der Waals surface area contributed by atoms with E-state index in [1.165, 1.54) is 0 Å². The third-order valence-corrected chi connectivity index (χ3v) is 1.96. The summed E-state index contributed by atoms with van der Waals surface area (Å²) in [5.41, 5.74) is 5.59. The van der Waals surface area contributed by atoms with Crippen LogP contribution in [0, 0.1) is 0 Å². The zero-order valence-electron chi connectivity index (χ0n) is 7.60. The Kier molecular flexibility index (Phi) is 2.37. The second kappa shape index (κ2) is 3.67. The Labute approximate surface area is 81.6 Å². The quantitative estimate of drug-likeness (QED) is 0.711. The van der Waals surface area contributed by atoms with Gasteiger partial charge in [0.15, 0.2) is 0 Å². The molecule has 1 heterocycles. The molecule has 2 rings (SSSR count). The number of epoxide rings is 1. The van der Waals surface area contributed by atoms with E-state index in [4.69, 9.17) is 15.2 Å². The molecule has 1 aromatic carbocycles. The first-order valence-electron chi connectivity index (χ1n) is 4.40. The van der Waals surface area contributed by atoms with Gasteiger partial charge in [0, 0.05) is 5.56 Å². The largest absolute Gasteiger partial charge is 0.491 e. The summed E-state index contributed by atoms with van der Waals surface area (Å²) < 4.78 is 10.4. The summed E-state index contributed by atoms with van der Waals surface area (Å²) in [5.74, 6) is 0.204. The molecule has 0 aliphatic carbocycles. The number of rotatable bonds is 4. The molecule has 1 aliphatic rings. The summed E-state index contributed by atoms with van der Waals surface area (Å²) in [6.07, 6.45) is 0.215. The lowest BCUT2D eigenvalue weighted by Crippen LogP contribution is -2.11. The van der Waals surface area contributed by atoms with Crippen molar-refractivity contribution in [2.24, 2.45) is 5.73 Å². The standard InChI is InChI=1S/C10H11NO3/c11-10(12)7-2-1-3-8(4-7)13-5-9-6-14-9/h1-4,9H,5-6H2,(H2,11,12). The molecule has 0 spiro atoms. The van der Waals surface area contributed by atoms with Gasteiger partial charge in [0.25, 0.3) is 0 Å². The SMILES string of the molecule is NC(=O)c1cccc(OCC2CO2)c1. The average molecular weight is 193 g/mol. The van der Waals surface area contributed by atoms with Gasteiger partial charge in [-0.25, -0.2) is 0 Å². The minimum absolute atomic E-state index is 0.215. The average Bonchev–Trinajstić information content (AvgIpc) is 2.99. The molecule has 0 aromatic heterocycles. The van der Waals surface area contributed by atoms with Crippen molar-refractivity contribution in [3.63, 3.8) is 0 Å². The third-order valence-electron chi connectivity index (χ3n) is 1.96. The lowest BCUT2D eigenvalue weighted by molar-refractivity contribution is 0.1000. The van der Waals surface area contributed by atoms with E-state index in [0.29, 0.717) is 17.9 Å². The number of nitrogens with two attached hydrogens (primary N) is 1. The van der Waals surface area contributed by atoms with Crippen LogP contribution in [0.25, 0.3) is 0 Å². The highest BCUT2D eigenvalue weighted by atomic mass is 16.6. The van der Waals surface area contributed by atoms with Crippen molar-refractivity contribution in [1.82, 2.24) is 0 Å². The van der Waals surface area contributed by atoms with Gasteiger partial charge in [-0.1, -0.05) is 6.07 Å². The highest BCUT2D eigenvalue weighted by Crippen LogP contribution is 2.16. The van der Waals surface area contributed by atoms with Gasteiger partial charge in [0.05, 0.1) is 6.61 Å². The highest BCUT2D eigenvalue weighted by molar-refractivity contribution is 5.93. The van der Waals surface area contributed by atoms with Crippen LogP contribution in [-0.2, 0) is 4.74 Å². The molecule has 1 aliphatic heterocycles. The number of carbonyl (C=O) groups excluding carboxylic acids is 1. The number of primary amides is 1. The van der Waals surface area contributed by atoms with E-state index in [1.807, 2.05) is 0 Å². The smallest absolute Gasteiger partial charge is 0.248 e. The van der Waals surface area contributed by atoms with Crippen LogP contribution < -0.4 is 10.5 Å². The van der Waals surface area contributed by atoms with Crippen molar-refractivity contribution in [3.8, 4) is 5.75 Å². The number of carbonyl (C=O) groups is 1. The molecule has 1 saturated heterocycles. The minimum atomic E-state index is -0.446. The fraction of sp³-hybridized carbons (Fsp3) is 0.300. The lowest BCUT2D eigenvalue weighted by Gasteiger charge is -2.04. The zero-order chi connectivity index (χ0) is 9.97. The molecule has 14 heavy (non-hydrogen) atoms. The molecule has 1 aromatic rings. The predicted molar refractivity (Wildman–Crippen MR) is 50.2 cm³/mol. The van der Waals surface area contributed by atoms with Crippen LogP contribution in [0.3, 0.4) is 0 Å². The molecule has 2 N–H and O–H groups in total. The van der Waals surface area contributed by atoms with Crippen LogP contribution in [0.1, 0.15) is 10.4 Å². The fourth-order valence-electron chi connectivity index (χ4n) is 1.09. The molecule has 74 valence electrons. The summed E-state index contributed by atoms with van der Waals surface area (Å²) in [5, 5.41) is 0. The molecule has 1 atom stereocenters. The molecular weight excluding hydrogens is 182 g/mol. The van der Waals surface area contributed by atoms with Crippen LogP contribution in [0.15, 0.2) is 24.3 Å². The first-order chi connectivity index (χ1) is 6.75. The zero-order valence-corrected chi connectivity index (χ0v) is 7.60. The van der Waals surface area contributed by atoms with Gasteiger partial charge >= 0.3 is 0 Å². The van der Waals surface area contributed by atoms with E-state index in [2.05, 4.69) is 0 Å². The number of benzene rings is 1. The van der Waals surface area contributed by atoms with Gasteiger partial charge < -0.3 is 15.2 Å². The van der Waals surface area contributed by atoms with Crippen molar-refractivity contribution in [2.75, 3.05) is 13.2 Å². The van der Waals surface area contributed by atoms with Crippen LogP contribution in [0.4, 0.5) is 0 Å². The van der Waals surface area contributed by atoms with Crippen molar-refractivity contribution in [1.29, 1.82) is 0 Å². The monoisotopic (exact) mass is 193 g/mol. The Bertz CT molecular complexity index is 347. The molecule has 1 amide bonds. The Hall–Kier alpha value is -1.55. The van der Waals surface area contributed by atoms with E-state index < -0.39 is 5.91 Å². The molecule has 1 unspecified atom stereocenters. The number of hydrogen-bond acceptors (Lipinski definition) is 3. The molecule has 0 saturated carbocycles. The second-order valence-electron chi connectivity index (χ2n) is 3.16. The first kappa shape index (κ1) is 9.02. The van der Waals surface area contributed by atoms with E-state index >= 15 is 0 Å².